The van der Waals surface area contributed by atoms with Gasteiger partial charge in [-0.3, -0.25) is 14.7 Å². The predicted octanol–water partition coefficient (Wildman–Crippen LogP) is 2.99. The Hall–Kier alpha value is -2.20. The molecule has 2 aliphatic rings. The molecule has 4 heteroatoms. The highest BCUT2D eigenvalue weighted by Gasteiger charge is 2.26. The third-order valence-corrected chi connectivity index (χ3v) is 5.51. The number of carbonyl (C=O) groups excluding carboxylic acids is 1. The van der Waals surface area contributed by atoms with Gasteiger partial charge in [0, 0.05) is 38.9 Å². The van der Waals surface area contributed by atoms with Gasteiger partial charge in [0.05, 0.1) is 0 Å². The van der Waals surface area contributed by atoms with Crippen molar-refractivity contribution in [3.8, 4) is 0 Å². The number of piperidine rings is 1. The molecule has 0 spiro atoms. The van der Waals surface area contributed by atoms with Crippen LogP contribution in [0.5, 0.6) is 0 Å². The maximum atomic E-state index is 12.5. The Bertz CT molecular complexity index is 723. The number of hydrogen-bond acceptors (Lipinski definition) is 3. The van der Waals surface area contributed by atoms with E-state index in [1.54, 1.807) is 12.3 Å². The Balaban J connectivity index is 1.29. The summed E-state index contributed by atoms with van der Waals surface area (Å²) in [6.07, 6.45) is 5.04. The number of rotatable bonds is 3. The Morgan fingerprint density at radius 1 is 1.00 bits per heavy atom. The molecule has 3 heterocycles. The van der Waals surface area contributed by atoms with Crippen molar-refractivity contribution in [1.82, 2.24) is 14.8 Å². The van der Waals surface area contributed by atoms with E-state index in [1.807, 2.05) is 17.0 Å². The van der Waals surface area contributed by atoms with E-state index >= 15 is 0 Å². The van der Waals surface area contributed by atoms with Crippen molar-refractivity contribution in [3.63, 3.8) is 0 Å². The van der Waals surface area contributed by atoms with Crippen molar-refractivity contribution in [2.45, 2.75) is 25.8 Å². The van der Waals surface area contributed by atoms with E-state index in [9.17, 15) is 4.79 Å². The number of pyridine rings is 1. The smallest absolute Gasteiger partial charge is 0.272 e. The summed E-state index contributed by atoms with van der Waals surface area (Å²) in [5.74, 6) is 0.768. The molecule has 0 aliphatic carbocycles. The lowest BCUT2D eigenvalue weighted by atomic mass is 9.93. The number of aromatic nitrogens is 1. The van der Waals surface area contributed by atoms with Gasteiger partial charge in [-0.15, -0.1) is 0 Å². The Labute approximate surface area is 149 Å². The van der Waals surface area contributed by atoms with E-state index in [2.05, 4.69) is 34.1 Å². The second-order valence-corrected chi connectivity index (χ2v) is 7.20. The van der Waals surface area contributed by atoms with Crippen LogP contribution in [-0.4, -0.2) is 46.9 Å². The number of likely N-dealkylation sites (tertiary alicyclic amines) is 1. The van der Waals surface area contributed by atoms with Crippen molar-refractivity contribution < 1.29 is 4.79 Å². The van der Waals surface area contributed by atoms with E-state index < -0.39 is 0 Å². The quantitative estimate of drug-likeness (QED) is 0.865. The number of carbonyl (C=O) groups is 1. The first-order valence-corrected chi connectivity index (χ1v) is 9.29. The first kappa shape index (κ1) is 16.3. The van der Waals surface area contributed by atoms with Gasteiger partial charge in [0.15, 0.2) is 0 Å². The van der Waals surface area contributed by atoms with Gasteiger partial charge >= 0.3 is 0 Å². The van der Waals surface area contributed by atoms with Gasteiger partial charge in [-0.1, -0.05) is 30.3 Å². The number of nitrogens with zero attached hydrogens (tertiary/aromatic N) is 3. The second-order valence-electron chi connectivity index (χ2n) is 7.20. The third-order valence-electron chi connectivity index (χ3n) is 5.51. The number of benzene rings is 1. The van der Waals surface area contributed by atoms with Gasteiger partial charge in [0.2, 0.25) is 0 Å². The van der Waals surface area contributed by atoms with Crippen LogP contribution in [0.3, 0.4) is 0 Å². The monoisotopic (exact) mass is 335 g/mol. The van der Waals surface area contributed by atoms with Crippen LogP contribution in [0.2, 0.25) is 0 Å². The van der Waals surface area contributed by atoms with Gasteiger partial charge in [0.1, 0.15) is 5.69 Å². The predicted molar refractivity (Wildman–Crippen MR) is 98.3 cm³/mol. The molecule has 1 saturated heterocycles. The lowest BCUT2D eigenvalue weighted by Gasteiger charge is -2.36. The maximum absolute atomic E-state index is 12.5. The molecule has 0 atom stereocenters. The zero-order valence-corrected chi connectivity index (χ0v) is 14.6. The minimum atomic E-state index is 0.0750. The summed E-state index contributed by atoms with van der Waals surface area (Å²) in [5, 5.41) is 0. The zero-order chi connectivity index (χ0) is 17.1. The van der Waals surface area contributed by atoms with Crippen LogP contribution in [0.4, 0.5) is 0 Å². The highest BCUT2D eigenvalue weighted by atomic mass is 16.2. The van der Waals surface area contributed by atoms with Crippen molar-refractivity contribution in [3.05, 3.63) is 65.5 Å². The molecule has 130 valence electrons. The minimum Gasteiger partial charge on any atom is -0.337 e. The van der Waals surface area contributed by atoms with E-state index in [0.717, 1.165) is 52.0 Å². The fraction of sp³-hybridized carbons (Fsp3) is 0.429. The molecule has 0 N–H and O–H groups in total. The van der Waals surface area contributed by atoms with Crippen LogP contribution in [-0.2, 0) is 13.0 Å². The molecule has 0 radical (unpaired) electrons. The summed E-state index contributed by atoms with van der Waals surface area (Å²) in [6.45, 7) is 5.09. The summed E-state index contributed by atoms with van der Waals surface area (Å²) in [5.41, 5.74) is 3.56. The molecule has 2 aromatic rings. The maximum Gasteiger partial charge on any atom is 0.272 e. The van der Waals surface area contributed by atoms with Gasteiger partial charge in [-0.05, 0) is 48.4 Å². The molecule has 4 nitrogen and oxygen atoms in total. The fourth-order valence-electron chi connectivity index (χ4n) is 4.05. The van der Waals surface area contributed by atoms with Crippen LogP contribution in [0, 0.1) is 5.92 Å². The largest absolute Gasteiger partial charge is 0.337 e. The topological polar surface area (TPSA) is 36.4 Å². The lowest BCUT2D eigenvalue weighted by molar-refractivity contribution is 0.0657. The average molecular weight is 335 g/mol. The molecule has 1 amide bonds. The van der Waals surface area contributed by atoms with Crippen molar-refractivity contribution in [2.75, 3.05) is 26.2 Å². The molecular formula is C21H25N3O. The lowest BCUT2D eigenvalue weighted by Crippen LogP contribution is -2.42. The van der Waals surface area contributed by atoms with E-state index in [1.165, 1.54) is 11.1 Å². The summed E-state index contributed by atoms with van der Waals surface area (Å²) < 4.78 is 0. The molecule has 0 unspecified atom stereocenters. The van der Waals surface area contributed by atoms with Crippen LogP contribution >= 0.6 is 0 Å². The van der Waals surface area contributed by atoms with Gasteiger partial charge in [-0.25, -0.2) is 0 Å². The number of fused-ring (bicyclic) bond motifs is 1. The van der Waals surface area contributed by atoms with Crippen LogP contribution < -0.4 is 0 Å². The first-order valence-electron chi connectivity index (χ1n) is 9.29. The number of hydrogen-bond donors (Lipinski definition) is 0. The molecule has 2 aliphatic heterocycles. The summed E-state index contributed by atoms with van der Waals surface area (Å²) >= 11 is 0. The van der Waals surface area contributed by atoms with E-state index in [0.29, 0.717) is 11.6 Å². The van der Waals surface area contributed by atoms with E-state index in [-0.39, 0.29) is 5.91 Å². The molecule has 0 saturated carbocycles. The minimum absolute atomic E-state index is 0.0750. The van der Waals surface area contributed by atoms with E-state index in [4.69, 9.17) is 0 Å². The molecule has 1 aromatic carbocycles. The molecule has 0 bridgehead atoms. The highest BCUT2D eigenvalue weighted by molar-refractivity contribution is 5.92. The van der Waals surface area contributed by atoms with Crippen molar-refractivity contribution in [2.24, 2.45) is 5.92 Å². The second kappa shape index (κ2) is 7.36. The average Bonchev–Trinajstić information content (AvgIpc) is 2.69. The molecular weight excluding hydrogens is 310 g/mol. The molecule has 1 aromatic heterocycles. The molecule has 4 rings (SSSR count). The Morgan fingerprint density at radius 3 is 2.52 bits per heavy atom. The zero-order valence-electron chi connectivity index (χ0n) is 14.6. The van der Waals surface area contributed by atoms with Crippen molar-refractivity contribution >= 4 is 5.91 Å². The number of amides is 1. The van der Waals surface area contributed by atoms with Crippen LogP contribution in [0.1, 0.15) is 34.5 Å². The normalized spacial score (nSPS) is 18.8. The Morgan fingerprint density at radius 2 is 1.76 bits per heavy atom. The third kappa shape index (κ3) is 3.74. The summed E-state index contributed by atoms with van der Waals surface area (Å²) in [7, 11) is 0. The fourth-order valence-corrected chi connectivity index (χ4v) is 4.05. The van der Waals surface area contributed by atoms with Crippen molar-refractivity contribution in [1.29, 1.82) is 0 Å². The molecule has 25 heavy (non-hydrogen) atoms. The standard InChI is InChI=1S/C21H25N3O/c25-21(20-7-3-4-11-22-20)24-13-8-17(9-14-24)15-23-12-10-18-5-1-2-6-19(18)16-23/h1-7,11,17H,8-10,12-16H2. The first-order chi connectivity index (χ1) is 12.3. The van der Waals surface area contributed by atoms with Gasteiger partial charge < -0.3 is 4.90 Å². The molecule has 1 fully saturated rings. The Kier molecular flexibility index (Phi) is 4.79. The summed E-state index contributed by atoms with van der Waals surface area (Å²) in [4.78, 5) is 21.2. The summed E-state index contributed by atoms with van der Waals surface area (Å²) in [6, 6.07) is 14.3. The van der Waals surface area contributed by atoms with Gasteiger partial charge in [0.25, 0.3) is 5.91 Å². The highest BCUT2D eigenvalue weighted by Crippen LogP contribution is 2.24. The van der Waals surface area contributed by atoms with Crippen LogP contribution in [0.15, 0.2) is 48.7 Å². The van der Waals surface area contributed by atoms with Gasteiger partial charge in [-0.2, -0.15) is 0 Å². The van der Waals surface area contributed by atoms with Crippen LogP contribution in [0.25, 0.3) is 0 Å². The SMILES string of the molecule is O=C(c1ccccn1)N1CCC(CN2CCc3ccccc3C2)CC1.